The molecule has 1 aromatic heterocycles. The minimum absolute atomic E-state index is 0.186. The van der Waals surface area contributed by atoms with E-state index < -0.39 is 11.1 Å². The normalized spacial score (nSPS) is 11.0. The third-order valence-electron chi connectivity index (χ3n) is 3.00. The van der Waals surface area contributed by atoms with Crippen LogP contribution in [0.5, 0.6) is 0 Å². The van der Waals surface area contributed by atoms with Gasteiger partial charge in [-0.2, -0.15) is 0 Å². The van der Waals surface area contributed by atoms with E-state index in [0.717, 1.165) is 0 Å². The summed E-state index contributed by atoms with van der Waals surface area (Å²) in [7, 11) is 0. The summed E-state index contributed by atoms with van der Waals surface area (Å²) >= 11 is 0. The van der Waals surface area contributed by atoms with Crippen molar-refractivity contribution in [2.45, 2.75) is 26.3 Å². The van der Waals surface area contributed by atoms with Gasteiger partial charge in [0, 0.05) is 19.0 Å². The van der Waals surface area contributed by atoms with Crippen molar-refractivity contribution in [3.63, 3.8) is 0 Å². The first-order chi connectivity index (χ1) is 9.99. The molecule has 0 aliphatic carbocycles. The second kappa shape index (κ2) is 6.36. The van der Waals surface area contributed by atoms with E-state index in [1.54, 1.807) is 18.2 Å². The molecular weight excluding hydrogens is 272 g/mol. The summed E-state index contributed by atoms with van der Waals surface area (Å²) in [5.74, 6) is -0.213. The third kappa shape index (κ3) is 3.57. The van der Waals surface area contributed by atoms with Crippen molar-refractivity contribution in [1.29, 1.82) is 0 Å². The summed E-state index contributed by atoms with van der Waals surface area (Å²) < 4.78 is 0. The Hall–Kier alpha value is -2.41. The maximum atomic E-state index is 11.9. The van der Waals surface area contributed by atoms with E-state index in [-0.39, 0.29) is 23.1 Å². The van der Waals surface area contributed by atoms with Gasteiger partial charge in [0.2, 0.25) is 5.91 Å². The number of H-pyrrole nitrogens is 2. The molecule has 0 atom stereocenters. The number of anilines is 1. The molecule has 0 saturated heterocycles. The molecule has 112 valence electrons. The van der Waals surface area contributed by atoms with E-state index in [2.05, 4.69) is 20.8 Å². The Labute approximate surface area is 120 Å². The zero-order valence-corrected chi connectivity index (χ0v) is 11.9. The lowest BCUT2D eigenvalue weighted by atomic mass is 10.1. The van der Waals surface area contributed by atoms with Crippen molar-refractivity contribution in [3.05, 3.63) is 38.9 Å². The number of rotatable bonds is 5. The average Bonchev–Trinajstić information content (AvgIpc) is 2.42. The molecule has 0 aliphatic rings. The van der Waals surface area contributed by atoms with Crippen LogP contribution in [-0.4, -0.2) is 28.7 Å². The van der Waals surface area contributed by atoms with Gasteiger partial charge in [0.1, 0.15) is 0 Å². The summed E-state index contributed by atoms with van der Waals surface area (Å²) in [6.07, 6.45) is 0.287. The highest BCUT2D eigenvalue weighted by molar-refractivity contribution is 6.01. The molecule has 1 amide bonds. The molecule has 0 unspecified atom stereocenters. The number of aromatic amines is 2. The van der Waals surface area contributed by atoms with Gasteiger partial charge in [-0.05, 0) is 12.1 Å². The Balaban J connectivity index is 2.23. The Morgan fingerprint density at radius 1 is 1.19 bits per heavy atom. The quantitative estimate of drug-likeness (QED) is 0.645. The van der Waals surface area contributed by atoms with Crippen LogP contribution in [0.4, 0.5) is 5.69 Å². The molecule has 2 rings (SSSR count). The largest absolute Gasteiger partial charge is 0.325 e. The molecule has 7 nitrogen and oxygen atoms in total. The number of benzene rings is 1. The number of hydrogen-bond donors (Lipinski definition) is 4. The van der Waals surface area contributed by atoms with Crippen LogP contribution in [0.3, 0.4) is 0 Å². The van der Waals surface area contributed by atoms with Crippen LogP contribution in [0.2, 0.25) is 0 Å². The molecule has 1 aromatic carbocycles. The number of fused-ring (bicyclic) bond motifs is 1. The Kier molecular flexibility index (Phi) is 4.54. The molecule has 7 heteroatoms. The van der Waals surface area contributed by atoms with Crippen molar-refractivity contribution < 1.29 is 4.79 Å². The summed E-state index contributed by atoms with van der Waals surface area (Å²) in [6, 6.07) is 5.07. The van der Waals surface area contributed by atoms with Crippen LogP contribution in [-0.2, 0) is 4.79 Å². The number of nitrogens with one attached hydrogen (secondary N) is 4. The third-order valence-corrected chi connectivity index (χ3v) is 3.00. The smallest absolute Gasteiger partial charge is 0.272 e. The van der Waals surface area contributed by atoms with Gasteiger partial charge in [-0.1, -0.05) is 19.9 Å². The Bertz CT molecular complexity index is 761. The number of hydrogen-bond acceptors (Lipinski definition) is 4. The molecule has 0 saturated carbocycles. The van der Waals surface area contributed by atoms with Gasteiger partial charge in [-0.15, -0.1) is 0 Å². The molecule has 1 heterocycles. The molecule has 4 N–H and O–H groups in total. The van der Waals surface area contributed by atoms with Gasteiger partial charge < -0.3 is 10.6 Å². The molecule has 0 fully saturated rings. The summed E-state index contributed by atoms with van der Waals surface area (Å²) in [4.78, 5) is 35.4. The number of aromatic nitrogens is 2. The zero-order chi connectivity index (χ0) is 15.4. The topological polar surface area (TPSA) is 107 Å². The molecular formula is C14H18N4O3. The fourth-order valence-corrected chi connectivity index (χ4v) is 2.02. The number of amides is 1. The zero-order valence-electron chi connectivity index (χ0n) is 11.9. The Morgan fingerprint density at radius 3 is 2.62 bits per heavy atom. The van der Waals surface area contributed by atoms with E-state index in [1.807, 2.05) is 13.8 Å². The second-order valence-electron chi connectivity index (χ2n) is 5.04. The molecule has 21 heavy (non-hydrogen) atoms. The monoisotopic (exact) mass is 290 g/mol. The minimum Gasteiger partial charge on any atom is -0.325 e. The van der Waals surface area contributed by atoms with Crippen LogP contribution < -0.4 is 21.8 Å². The predicted molar refractivity (Wildman–Crippen MR) is 81.6 cm³/mol. The standard InChI is InChI=1S/C14H18N4O3/c1-8(2)15-7-6-11(19)16-10-5-3-4-9-12(10)14(21)18-17-13(9)20/h3-5,8,15H,6-7H2,1-2H3,(H,16,19)(H,17,20)(H,18,21). The molecule has 0 radical (unpaired) electrons. The minimum atomic E-state index is -0.444. The van der Waals surface area contributed by atoms with Crippen molar-refractivity contribution >= 4 is 22.4 Å². The van der Waals surface area contributed by atoms with Gasteiger partial charge in [-0.25, -0.2) is 0 Å². The van der Waals surface area contributed by atoms with E-state index in [4.69, 9.17) is 0 Å². The number of carbonyl (C=O) groups excluding carboxylic acids is 1. The summed E-state index contributed by atoms with van der Waals surface area (Å²) in [6.45, 7) is 4.54. The highest BCUT2D eigenvalue weighted by Crippen LogP contribution is 2.16. The fraction of sp³-hybridized carbons (Fsp3) is 0.357. The van der Waals surface area contributed by atoms with Crippen LogP contribution in [0.1, 0.15) is 20.3 Å². The SMILES string of the molecule is CC(C)NCCC(=O)Nc1cccc2c(=O)[nH][nH]c(=O)c12. The van der Waals surface area contributed by atoms with Gasteiger partial charge in [0.15, 0.2) is 0 Å². The lowest BCUT2D eigenvalue weighted by molar-refractivity contribution is -0.116. The van der Waals surface area contributed by atoms with Crippen LogP contribution in [0, 0.1) is 0 Å². The first-order valence-corrected chi connectivity index (χ1v) is 6.76. The van der Waals surface area contributed by atoms with E-state index in [1.165, 1.54) is 0 Å². The van der Waals surface area contributed by atoms with Crippen LogP contribution >= 0.6 is 0 Å². The highest BCUT2D eigenvalue weighted by atomic mass is 16.2. The van der Waals surface area contributed by atoms with Crippen molar-refractivity contribution in [2.24, 2.45) is 0 Å². The summed E-state index contributed by atoms with van der Waals surface area (Å²) in [5, 5.41) is 10.8. The highest BCUT2D eigenvalue weighted by Gasteiger charge is 2.10. The second-order valence-corrected chi connectivity index (χ2v) is 5.04. The average molecular weight is 290 g/mol. The molecule has 0 bridgehead atoms. The van der Waals surface area contributed by atoms with Gasteiger partial charge in [0.25, 0.3) is 11.1 Å². The first-order valence-electron chi connectivity index (χ1n) is 6.76. The first kappa shape index (κ1) is 15.0. The van der Waals surface area contributed by atoms with Crippen LogP contribution in [0.25, 0.3) is 10.8 Å². The molecule has 2 aromatic rings. The van der Waals surface area contributed by atoms with E-state index in [0.29, 0.717) is 18.3 Å². The van der Waals surface area contributed by atoms with Crippen LogP contribution in [0.15, 0.2) is 27.8 Å². The van der Waals surface area contributed by atoms with Crippen molar-refractivity contribution in [3.8, 4) is 0 Å². The number of carbonyl (C=O) groups is 1. The lowest BCUT2D eigenvalue weighted by Gasteiger charge is -2.09. The van der Waals surface area contributed by atoms with Gasteiger partial charge >= 0.3 is 0 Å². The maximum Gasteiger partial charge on any atom is 0.272 e. The van der Waals surface area contributed by atoms with E-state index in [9.17, 15) is 14.4 Å². The van der Waals surface area contributed by atoms with Crippen molar-refractivity contribution in [1.82, 2.24) is 15.5 Å². The van der Waals surface area contributed by atoms with Gasteiger partial charge in [0.05, 0.1) is 16.5 Å². The van der Waals surface area contributed by atoms with Crippen molar-refractivity contribution in [2.75, 3.05) is 11.9 Å². The maximum absolute atomic E-state index is 11.9. The molecule has 0 aliphatic heterocycles. The fourth-order valence-electron chi connectivity index (χ4n) is 2.02. The predicted octanol–water partition coefficient (Wildman–Crippen LogP) is 0.543. The lowest BCUT2D eigenvalue weighted by Crippen LogP contribution is -2.27. The Morgan fingerprint density at radius 2 is 1.90 bits per heavy atom. The summed E-state index contributed by atoms with van der Waals surface area (Å²) in [5.41, 5.74) is -0.502. The molecule has 0 spiro atoms. The van der Waals surface area contributed by atoms with Gasteiger partial charge in [-0.3, -0.25) is 24.6 Å². The van der Waals surface area contributed by atoms with E-state index >= 15 is 0 Å².